The molecule has 41 heavy (non-hydrogen) atoms. The van der Waals surface area contributed by atoms with Crippen molar-refractivity contribution in [2.45, 2.75) is 69.2 Å². The molecule has 3 aromatic rings. The molecule has 216 valence electrons. The highest BCUT2D eigenvalue weighted by Crippen LogP contribution is 2.60. The van der Waals surface area contributed by atoms with Gasteiger partial charge in [0.1, 0.15) is 17.0 Å². The van der Waals surface area contributed by atoms with Crippen LogP contribution >= 0.6 is 11.3 Å². The number of hydrogen-bond acceptors (Lipinski definition) is 10. The summed E-state index contributed by atoms with van der Waals surface area (Å²) in [5, 5.41) is 22.6. The Bertz CT molecular complexity index is 1550. The van der Waals surface area contributed by atoms with Crippen molar-refractivity contribution in [3.8, 4) is 0 Å². The Hall–Kier alpha value is -3.28. The summed E-state index contributed by atoms with van der Waals surface area (Å²) in [6.45, 7) is 3.91. The summed E-state index contributed by atoms with van der Waals surface area (Å²) >= 11 is 1.66. The third kappa shape index (κ3) is 4.20. The number of carbonyl (C=O) groups is 1. The average molecular weight is 575 g/mol. The number of aliphatic hydroxyl groups excluding tert-OH is 1. The second-order valence-electron chi connectivity index (χ2n) is 12.4. The van der Waals surface area contributed by atoms with Crippen LogP contribution in [0, 0.1) is 11.3 Å². The number of anilines is 4. The van der Waals surface area contributed by atoms with Crippen LogP contribution < -0.4 is 16.0 Å². The molecule has 4 atom stereocenters. The van der Waals surface area contributed by atoms with Crippen molar-refractivity contribution in [2.24, 2.45) is 5.92 Å². The van der Waals surface area contributed by atoms with E-state index in [1.807, 2.05) is 17.0 Å². The first-order chi connectivity index (χ1) is 19.7. The van der Waals surface area contributed by atoms with E-state index in [9.17, 15) is 9.90 Å². The van der Waals surface area contributed by atoms with Crippen LogP contribution in [0.4, 0.5) is 22.9 Å². The summed E-state index contributed by atoms with van der Waals surface area (Å²) in [5.41, 5.74) is 10.5. The number of nitrogen functional groups attached to an aromatic ring is 1. The second-order valence-corrected chi connectivity index (χ2v) is 13.5. The van der Waals surface area contributed by atoms with Crippen LogP contribution in [0.15, 0.2) is 18.5 Å². The normalized spacial score (nSPS) is 27.4. The van der Waals surface area contributed by atoms with Gasteiger partial charge in [-0.2, -0.15) is 0 Å². The number of carbonyl (C=O) groups excluding carboxylic acids is 1. The molecule has 0 radical (unpaired) electrons. The first-order valence-electron chi connectivity index (χ1n) is 14.6. The van der Waals surface area contributed by atoms with Gasteiger partial charge in [0.15, 0.2) is 0 Å². The predicted octanol–water partition coefficient (Wildman–Crippen LogP) is 3.38. The maximum absolute atomic E-state index is 13.4. The van der Waals surface area contributed by atoms with Gasteiger partial charge in [0, 0.05) is 53.8 Å². The topological polar surface area (TPSA) is 134 Å². The van der Waals surface area contributed by atoms with E-state index < -0.39 is 0 Å². The third-order valence-electron chi connectivity index (χ3n) is 10.0. The van der Waals surface area contributed by atoms with Crippen molar-refractivity contribution in [3.05, 3.63) is 34.5 Å². The number of nitrogens with one attached hydrogen (secondary N) is 2. The lowest BCUT2D eigenvalue weighted by Gasteiger charge is -2.37. The molecule has 0 bridgehead atoms. The molecule has 10 nitrogen and oxygen atoms in total. The number of nitrogens with zero attached hydrogens (tertiary/aromatic N) is 5. The quantitative estimate of drug-likeness (QED) is 0.200. The molecule has 1 amide bonds. The van der Waals surface area contributed by atoms with Crippen LogP contribution in [0.2, 0.25) is 0 Å². The second kappa shape index (κ2) is 9.64. The van der Waals surface area contributed by atoms with E-state index in [0.717, 1.165) is 66.2 Å². The Morgan fingerprint density at radius 1 is 1.27 bits per heavy atom. The minimum atomic E-state index is -0.362. The van der Waals surface area contributed by atoms with Crippen LogP contribution in [0.25, 0.3) is 10.2 Å². The van der Waals surface area contributed by atoms with Crippen LogP contribution in [0.5, 0.6) is 0 Å². The minimum Gasteiger partial charge on any atom is -0.398 e. The molecular formula is C30H38N8O2S. The average Bonchev–Trinajstić information content (AvgIpc) is 3.74. The molecule has 3 fully saturated rings. The molecule has 1 saturated carbocycles. The predicted molar refractivity (Wildman–Crippen MR) is 164 cm³/mol. The number of aromatic nitrogens is 2. The van der Waals surface area contributed by atoms with Crippen LogP contribution in [-0.2, 0) is 17.6 Å². The zero-order chi connectivity index (χ0) is 28.6. The maximum atomic E-state index is 13.4. The van der Waals surface area contributed by atoms with E-state index >= 15 is 0 Å². The van der Waals surface area contributed by atoms with Crippen molar-refractivity contribution < 1.29 is 9.90 Å². The van der Waals surface area contributed by atoms with E-state index in [2.05, 4.69) is 46.1 Å². The lowest BCUT2D eigenvalue weighted by Crippen LogP contribution is -2.42. The molecule has 2 aromatic heterocycles. The summed E-state index contributed by atoms with van der Waals surface area (Å²) < 4.78 is 0. The molecule has 1 unspecified atom stereocenters. The summed E-state index contributed by atoms with van der Waals surface area (Å²) in [5.74, 6) is 0.880. The molecule has 5 N–H and O–H groups in total. The van der Waals surface area contributed by atoms with Crippen LogP contribution in [-0.4, -0.2) is 87.9 Å². The van der Waals surface area contributed by atoms with Crippen LogP contribution in [0.3, 0.4) is 0 Å². The molecule has 11 heteroatoms. The van der Waals surface area contributed by atoms with Gasteiger partial charge in [-0.15, -0.1) is 11.3 Å². The Morgan fingerprint density at radius 2 is 2.02 bits per heavy atom. The molecular weight excluding hydrogens is 536 g/mol. The van der Waals surface area contributed by atoms with E-state index in [4.69, 9.17) is 11.1 Å². The van der Waals surface area contributed by atoms with Gasteiger partial charge in [0.25, 0.3) is 0 Å². The van der Waals surface area contributed by atoms with Gasteiger partial charge < -0.3 is 36.3 Å². The summed E-state index contributed by atoms with van der Waals surface area (Å²) in [6, 6.07) is 4.64. The van der Waals surface area contributed by atoms with Gasteiger partial charge in [0.05, 0.1) is 34.4 Å². The summed E-state index contributed by atoms with van der Waals surface area (Å²) in [7, 11) is 4.28. The zero-order valence-corrected chi connectivity index (χ0v) is 24.7. The lowest BCUT2D eigenvalue weighted by atomic mass is 9.87. The molecule has 1 spiro atoms. The molecule has 2 aliphatic carbocycles. The first-order valence-corrected chi connectivity index (χ1v) is 15.4. The van der Waals surface area contributed by atoms with Crippen molar-refractivity contribution in [2.75, 3.05) is 43.1 Å². The number of aryl methyl sites for hydroxylation is 1. The molecule has 4 aliphatic rings. The molecule has 1 aromatic carbocycles. The van der Waals surface area contributed by atoms with Crippen LogP contribution in [0.1, 0.15) is 48.6 Å². The number of aliphatic hydroxyl groups is 1. The Morgan fingerprint density at radius 3 is 2.68 bits per heavy atom. The highest BCUT2D eigenvalue weighted by molar-refractivity contribution is 7.19. The Balaban J connectivity index is 1.18. The first kappa shape index (κ1) is 26.6. The Labute approximate surface area is 244 Å². The van der Waals surface area contributed by atoms with E-state index in [-0.39, 0.29) is 29.5 Å². The van der Waals surface area contributed by atoms with Gasteiger partial charge in [-0.3, -0.25) is 4.79 Å². The lowest BCUT2D eigenvalue weighted by molar-refractivity contribution is -0.131. The van der Waals surface area contributed by atoms with Gasteiger partial charge in [-0.05, 0) is 70.8 Å². The number of benzene rings is 1. The highest BCUT2D eigenvalue weighted by Gasteiger charge is 2.77. The van der Waals surface area contributed by atoms with Crippen molar-refractivity contribution in [1.29, 1.82) is 5.41 Å². The molecule has 2 saturated heterocycles. The van der Waals surface area contributed by atoms with Gasteiger partial charge >= 0.3 is 0 Å². The van der Waals surface area contributed by atoms with E-state index in [1.165, 1.54) is 16.7 Å². The van der Waals surface area contributed by atoms with Crippen molar-refractivity contribution in [3.63, 3.8) is 0 Å². The summed E-state index contributed by atoms with van der Waals surface area (Å²) in [6.07, 6.45) is 7.68. The fourth-order valence-electron chi connectivity index (χ4n) is 7.33. The number of rotatable bonds is 6. The number of fused-ring (bicyclic) bond motifs is 3. The van der Waals surface area contributed by atoms with E-state index in [1.54, 1.807) is 17.7 Å². The number of nitrogens with two attached hydrogens (primary N) is 1. The monoisotopic (exact) mass is 574 g/mol. The maximum Gasteiger partial charge on any atom is 0.227 e. The van der Waals surface area contributed by atoms with Crippen molar-refractivity contribution in [1.82, 2.24) is 19.8 Å². The standard InChI is InChI=1S/C30H38N8O2S/c1-16-30(13-25(30)39)38(16)29(40)17-4-5-20-24(11-17)41-28-26(20)27(33-15-34-28)35-22-10-18(14-31)21(32)12-23(22)37-8-6-19(7-9-37)36(2)3/h10,12,14-17,19,25,31,39H,4-9,11,13,32H2,1-3H3,(H,33,34,35)/t16-,17-,25+,30?,38?/m0/s1. The SMILES string of the molecule is C[C@@H]1N(C(=O)[C@H]2CCc3c(sc4ncnc(Nc5cc(C=N)c(N)cc5N5CCC(N(C)C)CC5)c34)C2)C12C[C@H]2O. The van der Waals surface area contributed by atoms with Crippen molar-refractivity contribution >= 4 is 56.6 Å². The number of thiophene rings is 1. The molecule has 4 heterocycles. The van der Waals surface area contributed by atoms with Gasteiger partial charge in [0.2, 0.25) is 5.91 Å². The zero-order valence-electron chi connectivity index (χ0n) is 23.9. The summed E-state index contributed by atoms with van der Waals surface area (Å²) in [4.78, 5) is 31.4. The Kier molecular flexibility index (Phi) is 6.26. The number of piperidine rings is 1. The number of amides is 1. The largest absolute Gasteiger partial charge is 0.398 e. The third-order valence-corrected chi connectivity index (χ3v) is 11.2. The fraction of sp³-hybridized carbons (Fsp3) is 0.533. The fourth-order valence-corrected chi connectivity index (χ4v) is 8.59. The molecule has 7 rings (SSSR count). The number of hydrogen-bond donors (Lipinski definition) is 4. The molecule has 2 aliphatic heterocycles. The van der Waals surface area contributed by atoms with Gasteiger partial charge in [-0.25, -0.2) is 9.97 Å². The smallest absolute Gasteiger partial charge is 0.227 e. The van der Waals surface area contributed by atoms with E-state index in [0.29, 0.717) is 30.1 Å². The highest BCUT2D eigenvalue weighted by atomic mass is 32.1. The minimum absolute atomic E-state index is 0.0569. The van der Waals surface area contributed by atoms with Gasteiger partial charge in [-0.1, -0.05) is 0 Å².